The lowest BCUT2D eigenvalue weighted by Crippen LogP contribution is -2.26. The van der Waals surface area contributed by atoms with E-state index in [4.69, 9.17) is 0 Å². The molecule has 126 valence electrons. The third-order valence-corrected chi connectivity index (χ3v) is 6.22. The van der Waals surface area contributed by atoms with Gasteiger partial charge in [0.15, 0.2) is 0 Å². The Balaban J connectivity index is 2.06. The van der Waals surface area contributed by atoms with Gasteiger partial charge in [-0.1, -0.05) is 0 Å². The second-order valence-corrected chi connectivity index (χ2v) is 8.97. The SMILES string of the molecule is Cc1cc(C(F)(F)F)nc(CCNS(=O)(=O)c2ccc(Br)s2)n1. The Morgan fingerprint density at radius 1 is 1.30 bits per heavy atom. The van der Waals surface area contributed by atoms with E-state index in [-0.39, 0.29) is 28.7 Å². The summed E-state index contributed by atoms with van der Waals surface area (Å²) < 4.78 is 65.1. The molecule has 0 fully saturated rings. The summed E-state index contributed by atoms with van der Waals surface area (Å²) in [5.41, 5.74) is -0.864. The third-order valence-electron chi connectivity index (χ3n) is 2.65. The first-order valence-electron chi connectivity index (χ1n) is 6.25. The molecule has 0 unspecified atom stereocenters. The number of nitrogens with zero attached hydrogens (tertiary/aromatic N) is 2. The molecule has 0 aliphatic heterocycles. The normalized spacial score (nSPS) is 12.6. The number of thiophene rings is 1. The summed E-state index contributed by atoms with van der Waals surface area (Å²) in [6.07, 6.45) is -4.61. The Morgan fingerprint density at radius 3 is 2.57 bits per heavy atom. The van der Waals surface area contributed by atoms with E-state index < -0.39 is 21.9 Å². The molecule has 0 atom stereocenters. The van der Waals surface area contributed by atoms with Crippen molar-refractivity contribution in [1.29, 1.82) is 0 Å². The van der Waals surface area contributed by atoms with E-state index in [2.05, 4.69) is 30.6 Å². The van der Waals surface area contributed by atoms with Gasteiger partial charge in [0.05, 0.1) is 3.79 Å². The Hall–Kier alpha value is -1.04. The van der Waals surface area contributed by atoms with Crippen LogP contribution in [0.3, 0.4) is 0 Å². The van der Waals surface area contributed by atoms with Crippen LogP contribution in [0.25, 0.3) is 0 Å². The molecule has 0 aromatic carbocycles. The Bertz CT molecular complexity index is 806. The second kappa shape index (κ2) is 6.83. The van der Waals surface area contributed by atoms with E-state index in [0.717, 1.165) is 17.4 Å². The first-order chi connectivity index (χ1) is 10.6. The number of sulfonamides is 1. The molecule has 0 aliphatic carbocycles. The summed E-state index contributed by atoms with van der Waals surface area (Å²) in [5, 5.41) is 0. The number of hydrogen-bond donors (Lipinski definition) is 1. The van der Waals surface area contributed by atoms with Gasteiger partial charge in [0, 0.05) is 18.7 Å². The van der Waals surface area contributed by atoms with Gasteiger partial charge in [-0.2, -0.15) is 13.2 Å². The molecule has 0 radical (unpaired) electrons. The van der Waals surface area contributed by atoms with Crippen molar-refractivity contribution in [2.45, 2.75) is 23.7 Å². The van der Waals surface area contributed by atoms with Crippen LogP contribution < -0.4 is 4.72 Å². The lowest BCUT2D eigenvalue weighted by atomic mass is 10.3. The van der Waals surface area contributed by atoms with Crippen LogP contribution in [0.2, 0.25) is 0 Å². The lowest BCUT2D eigenvalue weighted by Gasteiger charge is -2.09. The zero-order chi connectivity index (χ0) is 17.3. The van der Waals surface area contributed by atoms with Gasteiger partial charge >= 0.3 is 6.18 Å². The molecule has 0 bridgehead atoms. The van der Waals surface area contributed by atoms with Crippen LogP contribution >= 0.6 is 27.3 Å². The molecule has 23 heavy (non-hydrogen) atoms. The van der Waals surface area contributed by atoms with Gasteiger partial charge in [0.25, 0.3) is 0 Å². The predicted molar refractivity (Wildman–Crippen MR) is 82.7 cm³/mol. The minimum Gasteiger partial charge on any atom is -0.238 e. The minimum absolute atomic E-state index is 0.0451. The smallest absolute Gasteiger partial charge is 0.238 e. The minimum atomic E-state index is -4.56. The van der Waals surface area contributed by atoms with Crippen molar-refractivity contribution in [2.75, 3.05) is 6.54 Å². The molecule has 2 aromatic rings. The van der Waals surface area contributed by atoms with Gasteiger partial charge in [0.1, 0.15) is 15.7 Å². The molecule has 2 heterocycles. The Morgan fingerprint density at radius 2 is 2.00 bits per heavy atom. The van der Waals surface area contributed by atoms with Gasteiger partial charge in [-0.15, -0.1) is 11.3 Å². The zero-order valence-electron chi connectivity index (χ0n) is 11.7. The van der Waals surface area contributed by atoms with Crippen LogP contribution in [0.5, 0.6) is 0 Å². The molecule has 1 N–H and O–H groups in total. The van der Waals surface area contributed by atoms with E-state index in [1.165, 1.54) is 13.0 Å². The summed E-state index contributed by atoms with van der Waals surface area (Å²) in [4.78, 5) is 7.32. The molecular formula is C12H11BrF3N3O2S2. The number of nitrogens with one attached hydrogen (secondary N) is 1. The molecule has 0 spiro atoms. The topological polar surface area (TPSA) is 72.0 Å². The maximum absolute atomic E-state index is 12.7. The molecule has 2 rings (SSSR count). The number of hydrogen-bond acceptors (Lipinski definition) is 5. The van der Waals surface area contributed by atoms with Crippen molar-refractivity contribution in [2.24, 2.45) is 0 Å². The van der Waals surface area contributed by atoms with Crippen molar-refractivity contribution in [3.63, 3.8) is 0 Å². The first-order valence-corrected chi connectivity index (χ1v) is 9.34. The number of halogens is 4. The van der Waals surface area contributed by atoms with Crippen molar-refractivity contribution in [3.05, 3.63) is 39.2 Å². The van der Waals surface area contributed by atoms with E-state index in [9.17, 15) is 21.6 Å². The van der Waals surface area contributed by atoms with Crippen molar-refractivity contribution < 1.29 is 21.6 Å². The monoisotopic (exact) mass is 429 g/mol. The highest BCUT2D eigenvalue weighted by Gasteiger charge is 2.33. The average Bonchev–Trinajstić information content (AvgIpc) is 2.84. The van der Waals surface area contributed by atoms with Gasteiger partial charge in [-0.05, 0) is 41.1 Å². The molecule has 0 saturated heterocycles. The van der Waals surface area contributed by atoms with Crippen LogP contribution in [0.15, 0.2) is 26.2 Å². The predicted octanol–water partition coefficient (Wildman–Crippen LogP) is 3.15. The van der Waals surface area contributed by atoms with Crippen LogP contribution in [0.1, 0.15) is 17.2 Å². The molecule has 11 heteroatoms. The van der Waals surface area contributed by atoms with Crippen molar-refractivity contribution in [1.82, 2.24) is 14.7 Å². The summed E-state index contributed by atoms with van der Waals surface area (Å²) in [6, 6.07) is 3.87. The van der Waals surface area contributed by atoms with E-state index >= 15 is 0 Å². The quantitative estimate of drug-likeness (QED) is 0.792. The van der Waals surface area contributed by atoms with Crippen molar-refractivity contribution in [3.8, 4) is 0 Å². The second-order valence-electron chi connectivity index (χ2n) is 4.51. The third kappa shape index (κ3) is 4.96. The number of aryl methyl sites for hydroxylation is 1. The van der Waals surface area contributed by atoms with Crippen molar-refractivity contribution >= 4 is 37.3 Å². The molecular weight excluding hydrogens is 419 g/mol. The Labute approximate surface area is 143 Å². The summed E-state index contributed by atoms with van der Waals surface area (Å²) in [7, 11) is -3.70. The average molecular weight is 430 g/mol. The lowest BCUT2D eigenvalue weighted by molar-refractivity contribution is -0.141. The molecule has 5 nitrogen and oxygen atoms in total. The highest BCUT2D eigenvalue weighted by molar-refractivity contribution is 9.11. The first kappa shape index (κ1) is 18.3. The molecule has 2 aromatic heterocycles. The largest absolute Gasteiger partial charge is 0.433 e. The van der Waals surface area contributed by atoms with E-state index in [1.54, 1.807) is 6.07 Å². The van der Waals surface area contributed by atoms with Gasteiger partial charge < -0.3 is 0 Å². The van der Waals surface area contributed by atoms with Gasteiger partial charge in [-0.3, -0.25) is 0 Å². The zero-order valence-corrected chi connectivity index (χ0v) is 14.9. The van der Waals surface area contributed by atoms with Crippen LogP contribution in [-0.4, -0.2) is 24.9 Å². The highest BCUT2D eigenvalue weighted by atomic mass is 79.9. The maximum atomic E-state index is 12.7. The van der Waals surface area contributed by atoms with E-state index in [0.29, 0.717) is 3.79 Å². The number of alkyl halides is 3. The standard InChI is InChI=1S/C12H11BrF3N3O2S2/c1-7-6-8(12(14,15)16)19-10(18-7)4-5-17-23(20,21)11-3-2-9(13)22-11/h2-3,6,17H,4-5H2,1H3. The fourth-order valence-corrected chi connectivity index (χ4v) is 4.78. The maximum Gasteiger partial charge on any atom is 0.433 e. The van der Waals surface area contributed by atoms with E-state index in [1.807, 2.05) is 0 Å². The van der Waals surface area contributed by atoms with Crippen LogP contribution in [-0.2, 0) is 22.6 Å². The van der Waals surface area contributed by atoms with Gasteiger partial charge in [0.2, 0.25) is 10.0 Å². The van der Waals surface area contributed by atoms with Crippen LogP contribution in [0, 0.1) is 6.92 Å². The summed E-state index contributed by atoms with van der Waals surface area (Å²) in [5.74, 6) is -0.0626. The van der Waals surface area contributed by atoms with Gasteiger partial charge in [-0.25, -0.2) is 23.1 Å². The molecule has 0 aliphatic rings. The highest BCUT2D eigenvalue weighted by Crippen LogP contribution is 2.28. The fourth-order valence-electron chi connectivity index (χ4n) is 1.70. The molecule has 0 saturated carbocycles. The fraction of sp³-hybridized carbons (Fsp3) is 0.333. The number of aromatic nitrogens is 2. The Kier molecular flexibility index (Phi) is 5.44. The molecule has 0 amide bonds. The summed E-state index contributed by atoms with van der Waals surface area (Å²) in [6.45, 7) is 1.33. The van der Waals surface area contributed by atoms with Crippen LogP contribution in [0.4, 0.5) is 13.2 Å². The summed E-state index contributed by atoms with van der Waals surface area (Å²) >= 11 is 4.20. The number of rotatable bonds is 5.